The number of benzene rings is 1. The average molecular weight is 230 g/mol. The molecule has 0 amide bonds. The molecule has 0 aliphatic heterocycles. The van der Waals surface area contributed by atoms with Crippen molar-refractivity contribution >= 4 is 5.97 Å². The number of esters is 1. The lowest BCUT2D eigenvalue weighted by Crippen LogP contribution is -2.19. The summed E-state index contributed by atoms with van der Waals surface area (Å²) >= 11 is 0. The van der Waals surface area contributed by atoms with Gasteiger partial charge in [0.1, 0.15) is 6.61 Å². The Morgan fingerprint density at radius 1 is 1.41 bits per heavy atom. The second kappa shape index (κ2) is 5.67. The van der Waals surface area contributed by atoms with E-state index in [0.29, 0.717) is 12.5 Å². The second-order valence-electron chi connectivity index (χ2n) is 4.56. The number of hydrogen-bond donors (Lipinski definition) is 0. The fourth-order valence-corrected chi connectivity index (χ4v) is 2.00. The van der Waals surface area contributed by atoms with Gasteiger partial charge in [0.25, 0.3) is 0 Å². The summed E-state index contributed by atoms with van der Waals surface area (Å²) in [6.07, 6.45) is 4.85. The molecule has 1 aromatic rings. The summed E-state index contributed by atoms with van der Waals surface area (Å²) < 4.78 is 5.36. The van der Waals surface area contributed by atoms with Gasteiger partial charge in [0.05, 0.1) is 5.92 Å². The van der Waals surface area contributed by atoms with Crippen LogP contribution in [0.3, 0.4) is 0 Å². The third kappa shape index (κ3) is 3.45. The highest BCUT2D eigenvalue weighted by Crippen LogP contribution is 2.39. The molecule has 2 heteroatoms. The zero-order valence-electron chi connectivity index (χ0n) is 9.97. The van der Waals surface area contributed by atoms with Crippen molar-refractivity contribution in [2.24, 2.45) is 11.8 Å². The summed E-state index contributed by atoms with van der Waals surface area (Å²) in [6.45, 7) is 4.08. The molecule has 1 aliphatic rings. The molecular formula is C15H18O2. The molecule has 0 saturated heterocycles. The van der Waals surface area contributed by atoms with Gasteiger partial charge in [0.15, 0.2) is 0 Å². The van der Waals surface area contributed by atoms with E-state index in [1.54, 1.807) is 0 Å². The van der Waals surface area contributed by atoms with Crippen molar-refractivity contribution < 1.29 is 9.53 Å². The molecule has 1 aromatic carbocycles. The number of ether oxygens (including phenoxy) is 1. The quantitative estimate of drug-likeness (QED) is 0.553. The van der Waals surface area contributed by atoms with Crippen molar-refractivity contribution in [2.75, 3.05) is 0 Å². The summed E-state index contributed by atoms with van der Waals surface area (Å²) in [5.74, 6) is 0.476. The minimum Gasteiger partial charge on any atom is -0.461 e. The molecular weight excluding hydrogens is 212 g/mol. The Hall–Kier alpha value is -1.57. The lowest BCUT2D eigenvalue weighted by molar-refractivity contribution is -0.150. The van der Waals surface area contributed by atoms with Gasteiger partial charge < -0.3 is 4.74 Å². The van der Waals surface area contributed by atoms with Crippen LogP contribution in [0.4, 0.5) is 0 Å². The SMILES string of the molecule is C=CC[C@H](C(=O)OCc1ccccc1)C1CC1. The molecule has 0 unspecified atom stereocenters. The van der Waals surface area contributed by atoms with Crippen molar-refractivity contribution in [3.05, 3.63) is 48.6 Å². The van der Waals surface area contributed by atoms with Crippen molar-refractivity contribution in [2.45, 2.75) is 25.9 Å². The first kappa shape index (κ1) is 11.9. The fraction of sp³-hybridized carbons (Fsp3) is 0.400. The van der Waals surface area contributed by atoms with Gasteiger partial charge in [0, 0.05) is 0 Å². The predicted molar refractivity (Wildman–Crippen MR) is 67.3 cm³/mol. The Kier molecular flexibility index (Phi) is 3.97. The van der Waals surface area contributed by atoms with Crippen LogP contribution >= 0.6 is 0 Å². The van der Waals surface area contributed by atoms with Crippen LogP contribution in [-0.4, -0.2) is 5.97 Å². The number of rotatable bonds is 6. The van der Waals surface area contributed by atoms with E-state index in [9.17, 15) is 4.79 Å². The van der Waals surface area contributed by atoms with Crippen LogP contribution in [0.2, 0.25) is 0 Å². The van der Waals surface area contributed by atoms with E-state index in [0.717, 1.165) is 24.8 Å². The predicted octanol–water partition coefficient (Wildman–Crippen LogP) is 3.33. The lowest BCUT2D eigenvalue weighted by Gasteiger charge is -2.13. The zero-order chi connectivity index (χ0) is 12.1. The summed E-state index contributed by atoms with van der Waals surface area (Å²) in [7, 11) is 0. The molecule has 0 N–H and O–H groups in total. The van der Waals surface area contributed by atoms with Crippen LogP contribution in [0.25, 0.3) is 0 Å². The molecule has 0 aromatic heterocycles. The van der Waals surface area contributed by atoms with E-state index >= 15 is 0 Å². The minimum atomic E-state index is -0.0729. The fourth-order valence-electron chi connectivity index (χ4n) is 2.00. The van der Waals surface area contributed by atoms with Crippen LogP contribution in [-0.2, 0) is 16.1 Å². The number of carbonyl (C=O) groups is 1. The van der Waals surface area contributed by atoms with Crippen LogP contribution in [0.5, 0.6) is 0 Å². The van der Waals surface area contributed by atoms with Crippen LogP contribution in [0.15, 0.2) is 43.0 Å². The third-order valence-electron chi connectivity index (χ3n) is 3.14. The lowest BCUT2D eigenvalue weighted by atomic mass is 10.0. The van der Waals surface area contributed by atoms with E-state index in [4.69, 9.17) is 4.74 Å². The van der Waals surface area contributed by atoms with Gasteiger partial charge in [-0.3, -0.25) is 4.79 Å². The van der Waals surface area contributed by atoms with Gasteiger partial charge in [-0.05, 0) is 30.7 Å². The van der Waals surface area contributed by atoms with E-state index < -0.39 is 0 Å². The van der Waals surface area contributed by atoms with Crippen LogP contribution in [0.1, 0.15) is 24.8 Å². The number of carbonyl (C=O) groups excluding carboxylic acids is 1. The minimum absolute atomic E-state index is 0.0243. The molecule has 0 heterocycles. The number of hydrogen-bond acceptors (Lipinski definition) is 2. The Morgan fingerprint density at radius 3 is 2.71 bits per heavy atom. The average Bonchev–Trinajstić information content (AvgIpc) is 3.18. The van der Waals surface area contributed by atoms with Crippen molar-refractivity contribution in [3.63, 3.8) is 0 Å². The van der Waals surface area contributed by atoms with E-state index in [2.05, 4.69) is 6.58 Å². The standard InChI is InChI=1S/C15H18O2/c1-2-6-14(13-9-10-13)15(16)17-11-12-7-4-3-5-8-12/h2-5,7-8,13-14H,1,6,9-11H2/t14-/m0/s1. The topological polar surface area (TPSA) is 26.3 Å². The highest BCUT2D eigenvalue weighted by atomic mass is 16.5. The van der Waals surface area contributed by atoms with Gasteiger partial charge in [-0.1, -0.05) is 36.4 Å². The Bertz CT molecular complexity index is 379. The molecule has 90 valence electrons. The van der Waals surface area contributed by atoms with E-state index in [1.807, 2.05) is 36.4 Å². The molecule has 1 fully saturated rings. The maximum atomic E-state index is 11.9. The summed E-state index contributed by atoms with van der Waals surface area (Å²) in [5, 5.41) is 0. The highest BCUT2D eigenvalue weighted by Gasteiger charge is 2.36. The van der Waals surface area contributed by atoms with Gasteiger partial charge >= 0.3 is 5.97 Å². The first-order valence-corrected chi connectivity index (χ1v) is 6.12. The summed E-state index contributed by atoms with van der Waals surface area (Å²) in [4.78, 5) is 11.9. The molecule has 0 spiro atoms. The number of allylic oxidation sites excluding steroid dienone is 1. The van der Waals surface area contributed by atoms with Crippen LogP contribution in [0, 0.1) is 11.8 Å². The third-order valence-corrected chi connectivity index (χ3v) is 3.14. The van der Waals surface area contributed by atoms with Gasteiger partial charge in [-0.15, -0.1) is 6.58 Å². The second-order valence-corrected chi connectivity index (χ2v) is 4.56. The monoisotopic (exact) mass is 230 g/mol. The van der Waals surface area contributed by atoms with E-state index in [-0.39, 0.29) is 11.9 Å². The molecule has 1 saturated carbocycles. The maximum absolute atomic E-state index is 11.9. The van der Waals surface area contributed by atoms with Crippen molar-refractivity contribution in [1.29, 1.82) is 0 Å². The molecule has 17 heavy (non-hydrogen) atoms. The summed E-state index contributed by atoms with van der Waals surface area (Å²) in [6, 6.07) is 9.78. The smallest absolute Gasteiger partial charge is 0.309 e. The van der Waals surface area contributed by atoms with Gasteiger partial charge in [0.2, 0.25) is 0 Å². The molecule has 2 rings (SSSR count). The van der Waals surface area contributed by atoms with Gasteiger partial charge in [-0.2, -0.15) is 0 Å². The molecule has 0 radical (unpaired) electrons. The normalized spacial score (nSPS) is 16.2. The molecule has 1 atom stereocenters. The first-order chi connectivity index (χ1) is 8.31. The summed E-state index contributed by atoms with van der Waals surface area (Å²) in [5.41, 5.74) is 1.04. The highest BCUT2D eigenvalue weighted by molar-refractivity contribution is 5.73. The van der Waals surface area contributed by atoms with Crippen molar-refractivity contribution in [1.82, 2.24) is 0 Å². The zero-order valence-corrected chi connectivity index (χ0v) is 9.97. The Balaban J connectivity index is 1.85. The van der Waals surface area contributed by atoms with Gasteiger partial charge in [-0.25, -0.2) is 0 Å². The Morgan fingerprint density at radius 2 is 2.12 bits per heavy atom. The molecule has 1 aliphatic carbocycles. The van der Waals surface area contributed by atoms with Crippen LogP contribution < -0.4 is 0 Å². The largest absolute Gasteiger partial charge is 0.461 e. The van der Waals surface area contributed by atoms with Crippen molar-refractivity contribution in [3.8, 4) is 0 Å². The maximum Gasteiger partial charge on any atom is 0.309 e. The van der Waals surface area contributed by atoms with E-state index in [1.165, 1.54) is 0 Å². The molecule has 2 nitrogen and oxygen atoms in total. The molecule has 0 bridgehead atoms. The Labute approximate surface area is 102 Å². The first-order valence-electron chi connectivity index (χ1n) is 6.12.